The van der Waals surface area contributed by atoms with E-state index in [0.29, 0.717) is 29.5 Å². The molecule has 0 aliphatic rings. The zero-order valence-corrected chi connectivity index (χ0v) is 16.5. The number of hydrogen-bond donors (Lipinski definition) is 1. The van der Waals surface area contributed by atoms with Gasteiger partial charge < -0.3 is 24.3 Å². The molecule has 7 nitrogen and oxygen atoms in total. The Hall–Kier alpha value is -3.22. The van der Waals surface area contributed by atoms with Gasteiger partial charge in [0.15, 0.2) is 18.1 Å². The first-order valence-electron chi connectivity index (χ1n) is 8.98. The van der Waals surface area contributed by atoms with Crippen LogP contribution in [-0.2, 0) is 9.53 Å². The van der Waals surface area contributed by atoms with E-state index in [4.69, 9.17) is 18.9 Å². The quantitative estimate of drug-likeness (QED) is 0.661. The van der Waals surface area contributed by atoms with Gasteiger partial charge in [-0.1, -0.05) is 12.1 Å². The summed E-state index contributed by atoms with van der Waals surface area (Å²) in [5.41, 5.74) is 0.776. The number of carbonyl (C=O) groups excluding carboxylic acids is 2. The highest BCUT2D eigenvalue weighted by atomic mass is 16.5. The van der Waals surface area contributed by atoms with Crippen molar-refractivity contribution >= 4 is 17.6 Å². The minimum absolute atomic E-state index is 0.0324. The fourth-order valence-electron chi connectivity index (χ4n) is 2.40. The number of rotatable bonds is 9. The SMILES string of the molecule is CCOc1ccccc1NC(=O)COC(=O)c1ccc(OC(C)C)c(OC)c1. The zero-order chi connectivity index (χ0) is 20.5. The second-order valence-corrected chi connectivity index (χ2v) is 6.09. The molecule has 0 atom stereocenters. The molecule has 0 heterocycles. The maximum absolute atomic E-state index is 12.2. The van der Waals surface area contributed by atoms with E-state index in [9.17, 15) is 9.59 Å². The van der Waals surface area contributed by atoms with Crippen LogP contribution in [0.15, 0.2) is 42.5 Å². The lowest BCUT2D eigenvalue weighted by molar-refractivity contribution is -0.119. The van der Waals surface area contributed by atoms with Crippen LogP contribution in [0.3, 0.4) is 0 Å². The number of esters is 1. The lowest BCUT2D eigenvalue weighted by Crippen LogP contribution is -2.21. The average Bonchev–Trinajstić information content (AvgIpc) is 2.67. The number of carbonyl (C=O) groups is 2. The molecule has 0 unspecified atom stereocenters. The van der Waals surface area contributed by atoms with E-state index in [1.807, 2.05) is 20.8 Å². The van der Waals surface area contributed by atoms with E-state index in [1.54, 1.807) is 36.4 Å². The molecule has 0 radical (unpaired) electrons. The van der Waals surface area contributed by atoms with Crippen molar-refractivity contribution in [1.29, 1.82) is 0 Å². The first-order chi connectivity index (χ1) is 13.4. The summed E-state index contributed by atoms with van der Waals surface area (Å²) in [6, 6.07) is 11.8. The Morgan fingerprint density at radius 1 is 1.04 bits per heavy atom. The molecule has 1 amide bonds. The molecule has 7 heteroatoms. The molecule has 2 aromatic carbocycles. The Morgan fingerprint density at radius 2 is 1.79 bits per heavy atom. The van der Waals surface area contributed by atoms with Crippen LogP contribution < -0.4 is 19.5 Å². The van der Waals surface area contributed by atoms with Gasteiger partial charge >= 0.3 is 5.97 Å². The first-order valence-corrected chi connectivity index (χ1v) is 8.98. The summed E-state index contributed by atoms with van der Waals surface area (Å²) < 4.78 is 21.4. The molecular formula is C21H25NO6. The van der Waals surface area contributed by atoms with E-state index < -0.39 is 18.5 Å². The number of anilines is 1. The molecule has 2 rings (SSSR count). The second kappa shape index (κ2) is 10.2. The average molecular weight is 387 g/mol. The number of hydrogen-bond acceptors (Lipinski definition) is 6. The van der Waals surface area contributed by atoms with Crippen LogP contribution in [0.1, 0.15) is 31.1 Å². The maximum atomic E-state index is 12.2. The normalized spacial score (nSPS) is 10.3. The van der Waals surface area contributed by atoms with Crippen molar-refractivity contribution in [2.75, 3.05) is 25.6 Å². The third-order valence-corrected chi connectivity index (χ3v) is 3.56. The minimum Gasteiger partial charge on any atom is -0.493 e. The van der Waals surface area contributed by atoms with E-state index in [2.05, 4.69) is 5.32 Å². The van der Waals surface area contributed by atoms with Crippen molar-refractivity contribution in [3.8, 4) is 17.2 Å². The first kappa shape index (κ1) is 21.1. The van der Waals surface area contributed by atoms with Gasteiger partial charge in [0, 0.05) is 0 Å². The molecule has 0 fully saturated rings. The van der Waals surface area contributed by atoms with Gasteiger partial charge in [0.05, 0.1) is 31.1 Å². The maximum Gasteiger partial charge on any atom is 0.338 e. The standard InChI is InChI=1S/C21H25NO6/c1-5-26-17-9-7-6-8-16(17)22-20(23)13-27-21(24)15-10-11-18(28-14(2)3)19(12-15)25-4/h6-12,14H,5,13H2,1-4H3,(H,22,23). The van der Waals surface area contributed by atoms with Crippen molar-refractivity contribution in [3.05, 3.63) is 48.0 Å². The van der Waals surface area contributed by atoms with Crippen molar-refractivity contribution in [1.82, 2.24) is 0 Å². The van der Waals surface area contributed by atoms with Crippen LogP contribution in [0, 0.1) is 0 Å². The lowest BCUT2D eigenvalue weighted by Gasteiger charge is -2.14. The largest absolute Gasteiger partial charge is 0.493 e. The highest BCUT2D eigenvalue weighted by molar-refractivity contribution is 5.96. The van der Waals surface area contributed by atoms with Crippen LogP contribution >= 0.6 is 0 Å². The number of benzene rings is 2. The molecule has 0 aliphatic heterocycles. The molecule has 0 aliphatic carbocycles. The third-order valence-electron chi connectivity index (χ3n) is 3.56. The van der Waals surface area contributed by atoms with Crippen molar-refractivity contribution < 1.29 is 28.5 Å². The predicted octanol–water partition coefficient (Wildman–Crippen LogP) is 3.68. The molecule has 150 valence electrons. The Kier molecular flexibility index (Phi) is 7.68. The van der Waals surface area contributed by atoms with Crippen molar-refractivity contribution in [2.45, 2.75) is 26.9 Å². The van der Waals surface area contributed by atoms with E-state index in [0.717, 1.165) is 0 Å². The highest BCUT2D eigenvalue weighted by Crippen LogP contribution is 2.29. The number of ether oxygens (including phenoxy) is 4. The lowest BCUT2D eigenvalue weighted by atomic mass is 10.2. The molecule has 0 bridgehead atoms. The number of amides is 1. The van der Waals surface area contributed by atoms with Gasteiger partial charge in [0.2, 0.25) is 0 Å². The van der Waals surface area contributed by atoms with Crippen LogP contribution in [-0.4, -0.2) is 38.3 Å². The monoisotopic (exact) mass is 387 g/mol. The summed E-state index contributed by atoms with van der Waals surface area (Å²) in [7, 11) is 1.49. The van der Waals surface area contributed by atoms with Crippen molar-refractivity contribution in [2.24, 2.45) is 0 Å². The predicted molar refractivity (Wildman–Crippen MR) is 105 cm³/mol. The smallest absolute Gasteiger partial charge is 0.338 e. The van der Waals surface area contributed by atoms with Gasteiger partial charge in [0.25, 0.3) is 5.91 Å². The van der Waals surface area contributed by atoms with Gasteiger partial charge in [-0.2, -0.15) is 0 Å². The van der Waals surface area contributed by atoms with Gasteiger partial charge in [-0.05, 0) is 51.1 Å². The number of methoxy groups -OCH3 is 1. The van der Waals surface area contributed by atoms with Gasteiger partial charge in [-0.3, -0.25) is 4.79 Å². The summed E-state index contributed by atoms with van der Waals surface area (Å²) in [5, 5.41) is 2.67. The Morgan fingerprint density at radius 3 is 2.46 bits per heavy atom. The number of para-hydroxylation sites is 2. The topological polar surface area (TPSA) is 83.1 Å². The minimum atomic E-state index is -0.636. The van der Waals surface area contributed by atoms with Crippen molar-refractivity contribution in [3.63, 3.8) is 0 Å². The summed E-state index contributed by atoms with van der Waals surface area (Å²) in [6.45, 7) is 5.69. The van der Waals surface area contributed by atoms with Crippen LogP contribution in [0.5, 0.6) is 17.2 Å². The molecule has 1 N–H and O–H groups in total. The third kappa shape index (κ3) is 5.90. The molecule has 0 saturated carbocycles. The number of nitrogens with one attached hydrogen (secondary N) is 1. The fraction of sp³-hybridized carbons (Fsp3) is 0.333. The van der Waals surface area contributed by atoms with Crippen LogP contribution in [0.25, 0.3) is 0 Å². The van der Waals surface area contributed by atoms with Gasteiger partial charge in [0.1, 0.15) is 5.75 Å². The Balaban J connectivity index is 1.97. The second-order valence-electron chi connectivity index (χ2n) is 6.09. The Labute approximate surface area is 164 Å². The fourth-order valence-corrected chi connectivity index (χ4v) is 2.40. The summed E-state index contributed by atoms with van der Waals surface area (Å²) in [4.78, 5) is 24.4. The van der Waals surface area contributed by atoms with Crippen LogP contribution in [0.2, 0.25) is 0 Å². The summed E-state index contributed by atoms with van der Waals surface area (Å²) in [6.07, 6.45) is -0.0324. The van der Waals surface area contributed by atoms with E-state index in [1.165, 1.54) is 13.2 Å². The van der Waals surface area contributed by atoms with Gasteiger partial charge in [-0.15, -0.1) is 0 Å². The highest BCUT2D eigenvalue weighted by Gasteiger charge is 2.15. The molecular weight excluding hydrogens is 362 g/mol. The van der Waals surface area contributed by atoms with E-state index in [-0.39, 0.29) is 11.7 Å². The summed E-state index contributed by atoms with van der Waals surface area (Å²) in [5.74, 6) is 0.391. The molecule has 0 aromatic heterocycles. The molecule has 28 heavy (non-hydrogen) atoms. The van der Waals surface area contributed by atoms with Gasteiger partial charge in [-0.25, -0.2) is 4.79 Å². The molecule has 2 aromatic rings. The molecule has 0 spiro atoms. The van der Waals surface area contributed by atoms with E-state index >= 15 is 0 Å². The molecule has 0 saturated heterocycles. The summed E-state index contributed by atoms with van der Waals surface area (Å²) >= 11 is 0. The Bertz CT molecular complexity index is 818. The van der Waals surface area contributed by atoms with Crippen LogP contribution in [0.4, 0.5) is 5.69 Å². The zero-order valence-electron chi connectivity index (χ0n) is 16.5.